The molecule has 2 N–H and O–H groups in total. The number of hydrogen-bond acceptors (Lipinski definition) is 2. The van der Waals surface area contributed by atoms with Gasteiger partial charge in [0.25, 0.3) is 5.76 Å². The van der Waals surface area contributed by atoms with Crippen LogP contribution >= 0.6 is 0 Å². The normalized spacial score (nSPS) is 21.3. The van der Waals surface area contributed by atoms with Crippen molar-refractivity contribution in [2.45, 2.75) is 12.2 Å². The van der Waals surface area contributed by atoms with Gasteiger partial charge in [-0.1, -0.05) is 12.1 Å². The largest absolute Gasteiger partial charge is 0.584 e. The second-order valence-corrected chi connectivity index (χ2v) is 6.02. The van der Waals surface area contributed by atoms with Crippen LogP contribution in [-0.2, 0) is 9.47 Å². The summed E-state index contributed by atoms with van der Waals surface area (Å²) in [6, 6.07) is 8.58. The zero-order valence-electron chi connectivity index (χ0n) is 14.3. The Hall–Kier alpha value is -2.30. The molecule has 0 bridgehead atoms. The molecule has 2 unspecified atom stereocenters. The first-order valence-corrected chi connectivity index (χ1v) is 8.03. The van der Waals surface area contributed by atoms with Crippen molar-refractivity contribution in [3.05, 3.63) is 58.7 Å². The molecule has 0 radical (unpaired) electrons. The first kappa shape index (κ1) is 15.2. The maximum atomic E-state index is 5.69. The molecule has 0 saturated heterocycles. The second-order valence-electron chi connectivity index (χ2n) is 6.02. The Kier molecular flexibility index (Phi) is 3.59. The summed E-state index contributed by atoms with van der Waals surface area (Å²) in [5.41, 5.74) is 4.64. The quantitative estimate of drug-likeness (QED) is 0.810. The zero-order chi connectivity index (χ0) is 16.8. The maximum absolute atomic E-state index is 5.69. The summed E-state index contributed by atoms with van der Waals surface area (Å²) in [7, 11) is 7.12. The molecule has 0 aromatic heterocycles. The topological polar surface area (TPSA) is 44.1 Å². The van der Waals surface area contributed by atoms with Crippen LogP contribution in [0.5, 0.6) is 0 Å². The van der Waals surface area contributed by atoms with Crippen molar-refractivity contribution in [2.24, 2.45) is 0 Å². The highest BCUT2D eigenvalue weighted by atomic mass is 16.5. The Labute approximate surface area is 141 Å². The van der Waals surface area contributed by atoms with Gasteiger partial charge in [-0.15, -0.1) is 0 Å². The van der Waals surface area contributed by atoms with Crippen LogP contribution in [0.1, 0.15) is 34.5 Å². The molecule has 2 aliphatic rings. The summed E-state index contributed by atoms with van der Waals surface area (Å²) in [5.74, 6) is 1.84. The molecule has 4 heteroatoms. The third-order valence-corrected chi connectivity index (χ3v) is 5.00. The molecule has 0 spiro atoms. The number of hydrogen-bond donors (Lipinski definition) is 0. The van der Waals surface area contributed by atoms with Gasteiger partial charge in [-0.25, -0.2) is 0 Å². The van der Waals surface area contributed by atoms with E-state index in [0.29, 0.717) is 0 Å². The fourth-order valence-corrected chi connectivity index (χ4v) is 3.88. The van der Waals surface area contributed by atoms with Crippen molar-refractivity contribution in [2.75, 3.05) is 28.4 Å². The average Bonchev–Trinajstić information content (AvgIpc) is 2.64. The van der Waals surface area contributed by atoms with E-state index in [0.717, 1.165) is 22.6 Å². The summed E-state index contributed by atoms with van der Waals surface area (Å²) >= 11 is 0. The van der Waals surface area contributed by atoms with Gasteiger partial charge in [0, 0.05) is 29.0 Å². The molecule has 2 atom stereocenters. The van der Waals surface area contributed by atoms with Gasteiger partial charge >= 0.3 is 0 Å². The van der Waals surface area contributed by atoms with Crippen LogP contribution in [0.25, 0.3) is 22.3 Å². The Bertz CT molecular complexity index is 806. The van der Waals surface area contributed by atoms with Crippen molar-refractivity contribution in [3.8, 4) is 0 Å². The van der Waals surface area contributed by atoms with Gasteiger partial charge in [0.15, 0.2) is 7.11 Å². The molecule has 124 valence electrons. The van der Waals surface area contributed by atoms with Gasteiger partial charge in [-0.2, -0.15) is 0 Å². The summed E-state index contributed by atoms with van der Waals surface area (Å²) in [6.07, 6.45) is 4.08. The van der Waals surface area contributed by atoms with Gasteiger partial charge in [-0.3, -0.25) is 0 Å². The van der Waals surface area contributed by atoms with E-state index in [-0.39, 0.29) is 12.2 Å². The van der Waals surface area contributed by atoms with Crippen LogP contribution in [0, 0.1) is 0 Å². The minimum atomic E-state index is -0.110. The lowest BCUT2D eigenvalue weighted by Gasteiger charge is -2.27. The highest BCUT2D eigenvalue weighted by molar-refractivity contribution is 6.05. The number of ether oxygens (including phenoxy) is 4. The van der Waals surface area contributed by atoms with Gasteiger partial charge in [0.05, 0.1) is 18.7 Å². The number of benzene rings is 2. The van der Waals surface area contributed by atoms with E-state index >= 15 is 0 Å². The first-order valence-electron chi connectivity index (χ1n) is 8.03. The summed E-state index contributed by atoms with van der Waals surface area (Å²) in [6.45, 7) is 0. The van der Waals surface area contributed by atoms with Crippen LogP contribution < -0.4 is 0 Å². The molecule has 0 saturated carbocycles. The Balaban J connectivity index is 2.12. The Morgan fingerprint density at radius 3 is 2.25 bits per heavy atom. The van der Waals surface area contributed by atoms with Gasteiger partial charge < -0.3 is 18.9 Å². The summed E-state index contributed by atoms with van der Waals surface area (Å²) < 4.78 is 20.3. The molecule has 4 nitrogen and oxygen atoms in total. The molecule has 2 aliphatic carbocycles. The van der Waals surface area contributed by atoms with E-state index in [9.17, 15) is 0 Å². The SMILES string of the molecule is COC1=CC(OC)c2ccc3c4c(ccc1c24)C([OH+]C)C=C3[OH+]C. The van der Waals surface area contributed by atoms with Crippen molar-refractivity contribution in [3.63, 3.8) is 0 Å². The third kappa shape index (κ3) is 1.93. The smallest absolute Gasteiger partial charge is 0.266 e. The van der Waals surface area contributed by atoms with E-state index in [4.69, 9.17) is 9.47 Å². The van der Waals surface area contributed by atoms with E-state index < -0.39 is 0 Å². The number of rotatable bonds is 4. The van der Waals surface area contributed by atoms with Gasteiger partial charge in [-0.05, 0) is 23.8 Å². The van der Waals surface area contributed by atoms with Crippen LogP contribution in [-0.4, -0.2) is 37.9 Å². The van der Waals surface area contributed by atoms with Crippen LogP contribution in [0.3, 0.4) is 0 Å². The van der Waals surface area contributed by atoms with Crippen LogP contribution in [0.4, 0.5) is 0 Å². The van der Waals surface area contributed by atoms with Crippen molar-refractivity contribution in [1.29, 1.82) is 0 Å². The second kappa shape index (κ2) is 5.65. The number of aliphatic hydroxyl groups is 4. The molecule has 24 heavy (non-hydrogen) atoms. The lowest BCUT2D eigenvalue weighted by molar-refractivity contribution is -0.0353. The van der Waals surface area contributed by atoms with Crippen molar-refractivity contribution in [1.82, 2.24) is 0 Å². The summed E-state index contributed by atoms with van der Waals surface area (Å²) in [4.78, 5) is 0. The van der Waals surface area contributed by atoms with Gasteiger partial charge in [0.2, 0.25) is 6.10 Å². The lowest BCUT2D eigenvalue weighted by Crippen LogP contribution is -2.15. The highest BCUT2D eigenvalue weighted by Crippen LogP contribution is 2.46. The molecule has 2 aromatic carbocycles. The zero-order valence-corrected chi connectivity index (χ0v) is 14.3. The Morgan fingerprint density at radius 2 is 1.58 bits per heavy atom. The highest BCUT2D eigenvalue weighted by Gasteiger charge is 2.33. The Morgan fingerprint density at radius 1 is 0.875 bits per heavy atom. The van der Waals surface area contributed by atoms with Crippen LogP contribution in [0.15, 0.2) is 36.4 Å². The van der Waals surface area contributed by atoms with Crippen molar-refractivity contribution < 1.29 is 18.9 Å². The van der Waals surface area contributed by atoms with Crippen LogP contribution in [0.2, 0.25) is 0 Å². The molecular weight excluding hydrogens is 304 g/mol. The average molecular weight is 326 g/mol. The summed E-state index contributed by atoms with van der Waals surface area (Å²) in [5, 5.41) is 2.41. The monoisotopic (exact) mass is 326 g/mol. The van der Waals surface area contributed by atoms with Gasteiger partial charge in [0.1, 0.15) is 19.0 Å². The molecule has 0 fully saturated rings. The van der Waals surface area contributed by atoms with E-state index in [2.05, 4.69) is 39.8 Å². The van der Waals surface area contributed by atoms with E-state index in [1.54, 1.807) is 14.2 Å². The fraction of sp³-hybridized carbons (Fsp3) is 0.300. The minimum absolute atomic E-state index is 0.0263. The maximum Gasteiger partial charge on any atom is 0.266 e. The lowest BCUT2D eigenvalue weighted by atomic mass is 9.82. The minimum Gasteiger partial charge on any atom is -0.584 e. The third-order valence-electron chi connectivity index (χ3n) is 5.00. The molecule has 0 heterocycles. The molecule has 4 rings (SSSR count). The molecule has 0 amide bonds. The first-order chi connectivity index (χ1) is 11.7. The predicted molar refractivity (Wildman–Crippen MR) is 95.7 cm³/mol. The molecular formula is C20H22O4+2. The van der Waals surface area contributed by atoms with Crippen molar-refractivity contribution >= 4 is 22.3 Å². The van der Waals surface area contributed by atoms with E-state index in [1.165, 1.54) is 21.9 Å². The molecule has 2 aromatic rings. The van der Waals surface area contributed by atoms with E-state index in [1.807, 2.05) is 20.3 Å². The predicted octanol–water partition coefficient (Wildman–Crippen LogP) is 3.24. The fourth-order valence-electron chi connectivity index (χ4n) is 3.88. The molecule has 0 aliphatic heterocycles. The number of methoxy groups -OCH3 is 2. The standard InChI is InChI=1S/C20H20O4/c1-21-15-9-16(22-2)12-7-8-14-18(24-4)10-17(23-3)13-6-5-11(15)19(12)20(13)14/h5-10,15,18H,1-4H3/p+2.